The van der Waals surface area contributed by atoms with Gasteiger partial charge in [-0.25, -0.2) is 9.97 Å². The lowest BCUT2D eigenvalue weighted by molar-refractivity contribution is -0.0248. The predicted octanol–water partition coefficient (Wildman–Crippen LogP) is 0.982. The number of ether oxygens (including phenoxy) is 1. The number of rotatable bonds is 4. The van der Waals surface area contributed by atoms with Crippen LogP contribution in [-0.4, -0.2) is 56.8 Å². The Morgan fingerprint density at radius 2 is 2.41 bits per heavy atom. The van der Waals surface area contributed by atoms with Crippen molar-refractivity contribution >= 4 is 5.91 Å². The fraction of sp³-hybridized carbons (Fsp3) is 0.467. The molecule has 0 spiro atoms. The fourth-order valence-corrected chi connectivity index (χ4v) is 2.58. The van der Waals surface area contributed by atoms with E-state index in [1.165, 1.54) is 0 Å². The number of carbonyl (C=O) groups is 1. The van der Waals surface area contributed by atoms with E-state index in [2.05, 4.69) is 20.2 Å². The van der Waals surface area contributed by atoms with E-state index in [1.807, 2.05) is 17.9 Å². The number of nitrogens with one attached hydrogen (secondary N) is 1. The third-order valence-corrected chi connectivity index (χ3v) is 3.74. The number of H-pyrrole nitrogens is 1. The highest BCUT2D eigenvalue weighted by molar-refractivity contribution is 5.92. The Bertz CT molecular complexity index is 629. The van der Waals surface area contributed by atoms with Gasteiger partial charge in [0.15, 0.2) is 0 Å². The molecular formula is C15H19N5O2. The van der Waals surface area contributed by atoms with Crippen molar-refractivity contribution in [3.63, 3.8) is 0 Å². The maximum absolute atomic E-state index is 12.3. The fourth-order valence-electron chi connectivity index (χ4n) is 2.58. The normalized spacial score (nSPS) is 18.4. The lowest BCUT2D eigenvalue weighted by Crippen LogP contribution is -2.45. The molecule has 1 saturated heterocycles. The minimum absolute atomic E-state index is 0.0244. The summed E-state index contributed by atoms with van der Waals surface area (Å²) in [5.74, 6) is -0.0244. The van der Waals surface area contributed by atoms with Crippen molar-refractivity contribution in [1.29, 1.82) is 0 Å². The van der Waals surface area contributed by atoms with Gasteiger partial charge in [0.05, 0.1) is 12.7 Å². The number of morpholine rings is 1. The first kappa shape index (κ1) is 14.6. The highest BCUT2D eigenvalue weighted by Crippen LogP contribution is 2.14. The van der Waals surface area contributed by atoms with Crippen LogP contribution >= 0.6 is 0 Å². The quantitative estimate of drug-likeness (QED) is 0.910. The van der Waals surface area contributed by atoms with Crippen molar-refractivity contribution < 1.29 is 9.53 Å². The first-order valence-corrected chi connectivity index (χ1v) is 7.40. The molecule has 0 bridgehead atoms. The smallest absolute Gasteiger partial charge is 0.272 e. The molecule has 1 amide bonds. The molecule has 0 saturated carbocycles. The number of hydrogen-bond acceptors (Lipinski definition) is 5. The van der Waals surface area contributed by atoms with Crippen LogP contribution in [0.2, 0.25) is 0 Å². The van der Waals surface area contributed by atoms with Gasteiger partial charge in [-0.15, -0.1) is 0 Å². The maximum Gasteiger partial charge on any atom is 0.272 e. The second-order valence-corrected chi connectivity index (χ2v) is 5.40. The second-order valence-electron chi connectivity index (χ2n) is 5.40. The van der Waals surface area contributed by atoms with Crippen LogP contribution < -0.4 is 0 Å². The number of aromatic amines is 1. The van der Waals surface area contributed by atoms with Gasteiger partial charge in [0.25, 0.3) is 5.91 Å². The molecule has 1 aliphatic rings. The predicted molar refractivity (Wildman–Crippen MR) is 79.3 cm³/mol. The SMILES string of the molecule is Cc1cc(CCC2CN(C(=O)c3ccn[nH]3)CCO2)ncn1. The average Bonchev–Trinajstić information content (AvgIpc) is 3.07. The Morgan fingerprint density at radius 3 is 3.18 bits per heavy atom. The summed E-state index contributed by atoms with van der Waals surface area (Å²) in [6, 6.07) is 3.67. The van der Waals surface area contributed by atoms with Crippen LogP contribution in [0.15, 0.2) is 24.7 Å². The van der Waals surface area contributed by atoms with Crippen LogP contribution in [0, 0.1) is 6.92 Å². The van der Waals surface area contributed by atoms with Crippen molar-refractivity contribution in [1.82, 2.24) is 25.1 Å². The Morgan fingerprint density at radius 1 is 1.50 bits per heavy atom. The van der Waals surface area contributed by atoms with E-state index in [4.69, 9.17) is 4.74 Å². The van der Waals surface area contributed by atoms with Crippen molar-refractivity contribution in [2.45, 2.75) is 25.9 Å². The zero-order valence-electron chi connectivity index (χ0n) is 12.5. The van der Waals surface area contributed by atoms with E-state index in [9.17, 15) is 4.79 Å². The second kappa shape index (κ2) is 6.65. The molecule has 1 unspecified atom stereocenters. The van der Waals surface area contributed by atoms with Crippen LogP contribution in [0.5, 0.6) is 0 Å². The third kappa shape index (κ3) is 3.48. The van der Waals surface area contributed by atoms with Crippen molar-refractivity contribution in [3.8, 4) is 0 Å². The Kier molecular flexibility index (Phi) is 4.43. The first-order chi connectivity index (χ1) is 10.7. The van der Waals surface area contributed by atoms with Crippen molar-refractivity contribution in [2.24, 2.45) is 0 Å². The van der Waals surface area contributed by atoms with Gasteiger partial charge in [0, 0.05) is 30.7 Å². The Hall–Kier alpha value is -2.28. The summed E-state index contributed by atoms with van der Waals surface area (Å²) in [6.07, 6.45) is 4.86. The van der Waals surface area contributed by atoms with Gasteiger partial charge in [-0.2, -0.15) is 5.10 Å². The lowest BCUT2D eigenvalue weighted by Gasteiger charge is -2.32. The van der Waals surface area contributed by atoms with Gasteiger partial charge in [-0.05, 0) is 31.9 Å². The molecule has 0 radical (unpaired) electrons. The summed E-state index contributed by atoms with van der Waals surface area (Å²) in [6.45, 7) is 3.73. The van der Waals surface area contributed by atoms with Gasteiger partial charge in [0.2, 0.25) is 0 Å². The van der Waals surface area contributed by atoms with Crippen molar-refractivity contribution in [3.05, 3.63) is 41.7 Å². The highest BCUT2D eigenvalue weighted by Gasteiger charge is 2.25. The molecule has 3 rings (SSSR count). The monoisotopic (exact) mass is 301 g/mol. The zero-order valence-corrected chi connectivity index (χ0v) is 12.5. The molecule has 7 nitrogen and oxygen atoms in total. The molecule has 2 aromatic rings. The number of amides is 1. The van der Waals surface area contributed by atoms with E-state index >= 15 is 0 Å². The number of hydrogen-bond donors (Lipinski definition) is 1. The largest absolute Gasteiger partial charge is 0.375 e. The summed E-state index contributed by atoms with van der Waals surface area (Å²) in [5.41, 5.74) is 2.49. The van der Waals surface area contributed by atoms with Gasteiger partial charge in [-0.1, -0.05) is 0 Å². The summed E-state index contributed by atoms with van der Waals surface area (Å²) in [7, 11) is 0. The van der Waals surface area contributed by atoms with Gasteiger partial charge >= 0.3 is 0 Å². The summed E-state index contributed by atoms with van der Waals surface area (Å²) in [4.78, 5) is 22.5. The average molecular weight is 301 g/mol. The molecule has 7 heteroatoms. The standard InChI is InChI=1S/C15H19N5O2/c1-11-8-12(17-10-16-11)2-3-13-9-20(6-7-22-13)15(21)14-4-5-18-19-14/h4-5,8,10,13H,2-3,6-7,9H2,1H3,(H,18,19). The van der Waals surface area contributed by atoms with Crippen LogP contribution in [0.4, 0.5) is 0 Å². The zero-order chi connectivity index (χ0) is 15.4. The number of carbonyl (C=O) groups excluding carboxylic acids is 1. The van der Waals surface area contributed by atoms with Crippen molar-refractivity contribution in [2.75, 3.05) is 19.7 Å². The Labute approximate surface area is 128 Å². The maximum atomic E-state index is 12.3. The molecule has 116 valence electrons. The van der Waals surface area contributed by atoms with Crippen LogP contribution in [-0.2, 0) is 11.2 Å². The minimum atomic E-state index is -0.0244. The molecule has 1 N–H and O–H groups in total. The van der Waals surface area contributed by atoms with Gasteiger partial charge in [-0.3, -0.25) is 9.89 Å². The number of aromatic nitrogens is 4. The third-order valence-electron chi connectivity index (χ3n) is 3.74. The summed E-state index contributed by atoms with van der Waals surface area (Å²) < 4.78 is 5.76. The van der Waals surface area contributed by atoms with E-state index in [0.717, 1.165) is 24.2 Å². The van der Waals surface area contributed by atoms with Gasteiger partial charge < -0.3 is 9.64 Å². The summed E-state index contributed by atoms with van der Waals surface area (Å²) in [5, 5.41) is 6.54. The molecule has 3 heterocycles. The molecule has 1 fully saturated rings. The molecular weight excluding hydrogens is 282 g/mol. The number of aryl methyl sites for hydroxylation is 2. The molecule has 0 aliphatic carbocycles. The van der Waals surface area contributed by atoms with E-state index in [0.29, 0.717) is 25.4 Å². The molecule has 22 heavy (non-hydrogen) atoms. The first-order valence-electron chi connectivity index (χ1n) is 7.40. The van der Waals surface area contributed by atoms with Crippen LogP contribution in [0.1, 0.15) is 28.3 Å². The number of nitrogens with zero attached hydrogens (tertiary/aromatic N) is 4. The topological polar surface area (TPSA) is 84.0 Å². The van der Waals surface area contributed by atoms with E-state index < -0.39 is 0 Å². The summed E-state index contributed by atoms with van der Waals surface area (Å²) >= 11 is 0. The molecule has 1 aliphatic heterocycles. The van der Waals surface area contributed by atoms with Crippen LogP contribution in [0.25, 0.3) is 0 Å². The van der Waals surface area contributed by atoms with Crippen LogP contribution in [0.3, 0.4) is 0 Å². The Balaban J connectivity index is 1.55. The molecule has 2 aromatic heterocycles. The highest BCUT2D eigenvalue weighted by atomic mass is 16.5. The lowest BCUT2D eigenvalue weighted by atomic mass is 10.1. The van der Waals surface area contributed by atoms with E-state index in [-0.39, 0.29) is 12.0 Å². The molecule has 1 atom stereocenters. The molecule has 0 aromatic carbocycles. The van der Waals surface area contributed by atoms with E-state index in [1.54, 1.807) is 18.6 Å². The van der Waals surface area contributed by atoms with Gasteiger partial charge in [0.1, 0.15) is 12.0 Å². The minimum Gasteiger partial charge on any atom is -0.375 e.